The molecule has 1 saturated carbocycles. The van der Waals surface area contributed by atoms with Crippen LogP contribution in [0.25, 0.3) is 0 Å². The molecule has 12 heavy (non-hydrogen) atoms. The van der Waals surface area contributed by atoms with Crippen molar-refractivity contribution < 1.29 is 8.42 Å². The average Bonchev–Trinajstić information content (AvgIpc) is 2.02. The largest absolute Gasteiger partial charge is 0.229 e. The molecule has 0 unspecified atom stereocenters. The van der Waals surface area contributed by atoms with E-state index in [1.165, 1.54) is 31.9 Å². The van der Waals surface area contributed by atoms with Gasteiger partial charge in [-0.2, -0.15) is 0 Å². The Morgan fingerprint density at radius 2 is 1.92 bits per heavy atom. The third-order valence-electron chi connectivity index (χ3n) is 2.45. The maximum atomic E-state index is 10.9. The molecule has 0 aromatic heterocycles. The van der Waals surface area contributed by atoms with E-state index < -0.39 is 9.84 Å². The third-order valence-corrected chi connectivity index (χ3v) is 3.43. The fraction of sp³-hybridized carbons (Fsp3) is 0.889. The van der Waals surface area contributed by atoms with Gasteiger partial charge in [0.05, 0.1) is 5.75 Å². The normalized spacial score (nSPS) is 21.1. The Morgan fingerprint density at radius 3 is 2.42 bits per heavy atom. The van der Waals surface area contributed by atoms with Crippen LogP contribution in [0.1, 0.15) is 32.1 Å². The summed E-state index contributed by atoms with van der Waals surface area (Å²) < 4.78 is 21.7. The standard InChI is InChI=1S/C9H17O2S/c1-12(10,11)8-7-9-5-3-2-4-6-9/h2,9H,3-8H2,1H3. The van der Waals surface area contributed by atoms with Crippen LogP contribution in [0.3, 0.4) is 0 Å². The molecule has 0 aromatic carbocycles. The van der Waals surface area contributed by atoms with Crippen LogP contribution >= 0.6 is 0 Å². The summed E-state index contributed by atoms with van der Waals surface area (Å²) >= 11 is 0. The van der Waals surface area contributed by atoms with E-state index in [9.17, 15) is 8.42 Å². The number of sulfone groups is 1. The lowest BCUT2D eigenvalue weighted by Gasteiger charge is -2.20. The monoisotopic (exact) mass is 189 g/mol. The van der Waals surface area contributed by atoms with Crippen molar-refractivity contribution in [2.75, 3.05) is 12.0 Å². The van der Waals surface area contributed by atoms with Crippen molar-refractivity contribution in [2.45, 2.75) is 32.1 Å². The first-order valence-electron chi connectivity index (χ1n) is 4.57. The van der Waals surface area contributed by atoms with Gasteiger partial charge in [-0.05, 0) is 31.6 Å². The Morgan fingerprint density at radius 1 is 1.33 bits per heavy atom. The van der Waals surface area contributed by atoms with Gasteiger partial charge >= 0.3 is 0 Å². The van der Waals surface area contributed by atoms with E-state index in [1.807, 2.05) is 0 Å². The van der Waals surface area contributed by atoms with Gasteiger partial charge in [-0.1, -0.05) is 12.8 Å². The second-order valence-corrected chi connectivity index (χ2v) is 5.99. The fourth-order valence-corrected chi connectivity index (χ4v) is 2.43. The van der Waals surface area contributed by atoms with E-state index in [4.69, 9.17) is 0 Å². The molecule has 0 heterocycles. The van der Waals surface area contributed by atoms with Crippen LogP contribution in [-0.2, 0) is 9.84 Å². The van der Waals surface area contributed by atoms with Crippen molar-refractivity contribution in [3.63, 3.8) is 0 Å². The molecule has 1 radical (unpaired) electrons. The molecule has 0 bridgehead atoms. The molecule has 0 atom stereocenters. The number of hydrogen-bond donors (Lipinski definition) is 0. The van der Waals surface area contributed by atoms with E-state index in [0.29, 0.717) is 11.7 Å². The van der Waals surface area contributed by atoms with Gasteiger partial charge in [0.25, 0.3) is 0 Å². The van der Waals surface area contributed by atoms with E-state index >= 15 is 0 Å². The lowest BCUT2D eigenvalue weighted by molar-refractivity contribution is 0.394. The first kappa shape index (κ1) is 10.0. The van der Waals surface area contributed by atoms with Crippen molar-refractivity contribution in [2.24, 2.45) is 5.92 Å². The van der Waals surface area contributed by atoms with E-state index in [1.54, 1.807) is 0 Å². The van der Waals surface area contributed by atoms with E-state index in [-0.39, 0.29) is 0 Å². The Labute approximate surface area is 75.3 Å². The molecule has 1 aliphatic rings. The fourth-order valence-electron chi connectivity index (χ4n) is 1.67. The highest BCUT2D eigenvalue weighted by Crippen LogP contribution is 2.25. The SMILES string of the molecule is CS(=O)(=O)CCC1CC[CH]CC1. The van der Waals surface area contributed by atoms with Crippen LogP contribution in [0.4, 0.5) is 0 Å². The van der Waals surface area contributed by atoms with Crippen LogP contribution in [-0.4, -0.2) is 20.4 Å². The Kier molecular flexibility index (Phi) is 3.56. The first-order valence-corrected chi connectivity index (χ1v) is 6.63. The summed E-state index contributed by atoms with van der Waals surface area (Å²) in [5.41, 5.74) is 0. The van der Waals surface area contributed by atoms with Crippen LogP contribution in [0.2, 0.25) is 0 Å². The molecule has 0 saturated heterocycles. The van der Waals surface area contributed by atoms with Gasteiger partial charge in [-0.15, -0.1) is 0 Å². The van der Waals surface area contributed by atoms with Gasteiger partial charge in [0.15, 0.2) is 0 Å². The highest BCUT2D eigenvalue weighted by molar-refractivity contribution is 7.90. The number of hydrogen-bond acceptors (Lipinski definition) is 2. The molecule has 71 valence electrons. The van der Waals surface area contributed by atoms with Gasteiger partial charge in [-0.3, -0.25) is 0 Å². The van der Waals surface area contributed by atoms with Gasteiger partial charge < -0.3 is 0 Å². The maximum Gasteiger partial charge on any atom is 0.147 e. The van der Waals surface area contributed by atoms with Crippen molar-refractivity contribution in [1.82, 2.24) is 0 Å². The van der Waals surface area contributed by atoms with Crippen molar-refractivity contribution in [1.29, 1.82) is 0 Å². The zero-order valence-electron chi connectivity index (χ0n) is 7.62. The molecule has 2 nitrogen and oxygen atoms in total. The second kappa shape index (κ2) is 4.26. The van der Waals surface area contributed by atoms with Crippen molar-refractivity contribution >= 4 is 9.84 Å². The van der Waals surface area contributed by atoms with Crippen molar-refractivity contribution in [3.8, 4) is 0 Å². The van der Waals surface area contributed by atoms with Gasteiger partial charge in [0, 0.05) is 6.26 Å². The summed E-state index contributed by atoms with van der Waals surface area (Å²) in [6, 6.07) is 0. The summed E-state index contributed by atoms with van der Waals surface area (Å²) in [6.07, 6.45) is 9.22. The summed E-state index contributed by atoms with van der Waals surface area (Å²) in [7, 11) is -2.73. The molecule has 1 aliphatic carbocycles. The van der Waals surface area contributed by atoms with E-state index in [0.717, 1.165) is 6.42 Å². The maximum absolute atomic E-state index is 10.9. The molecule has 0 aliphatic heterocycles. The van der Waals surface area contributed by atoms with Gasteiger partial charge in [0.2, 0.25) is 0 Å². The number of rotatable bonds is 3. The smallest absolute Gasteiger partial charge is 0.147 e. The molecule has 1 fully saturated rings. The summed E-state index contributed by atoms with van der Waals surface area (Å²) in [4.78, 5) is 0. The van der Waals surface area contributed by atoms with E-state index in [2.05, 4.69) is 6.42 Å². The minimum atomic E-state index is -2.73. The quantitative estimate of drug-likeness (QED) is 0.678. The molecule has 0 N–H and O–H groups in total. The Bertz CT molecular complexity index is 213. The summed E-state index contributed by atoms with van der Waals surface area (Å²) in [5, 5.41) is 0. The lowest BCUT2D eigenvalue weighted by Crippen LogP contribution is -2.12. The van der Waals surface area contributed by atoms with Crippen LogP contribution in [0, 0.1) is 12.3 Å². The minimum Gasteiger partial charge on any atom is -0.229 e. The molecule has 0 spiro atoms. The molecular formula is C9H17O2S. The molecule has 0 amide bonds. The first-order chi connectivity index (χ1) is 5.58. The molecule has 0 aromatic rings. The summed E-state index contributed by atoms with van der Waals surface area (Å²) in [5.74, 6) is 1.03. The minimum absolute atomic E-state index is 0.373. The van der Waals surface area contributed by atoms with Crippen molar-refractivity contribution in [3.05, 3.63) is 6.42 Å². The predicted octanol–water partition coefficient (Wildman–Crippen LogP) is 1.82. The van der Waals surface area contributed by atoms with Gasteiger partial charge in [-0.25, -0.2) is 8.42 Å². The zero-order chi connectivity index (χ0) is 9.03. The highest BCUT2D eigenvalue weighted by atomic mass is 32.2. The molecular weight excluding hydrogens is 172 g/mol. The van der Waals surface area contributed by atoms with Crippen LogP contribution in [0.15, 0.2) is 0 Å². The van der Waals surface area contributed by atoms with Crippen LogP contribution in [0.5, 0.6) is 0 Å². The molecule has 1 rings (SSSR count). The predicted molar refractivity (Wildman–Crippen MR) is 50.6 cm³/mol. The van der Waals surface area contributed by atoms with Gasteiger partial charge in [0.1, 0.15) is 9.84 Å². The van der Waals surface area contributed by atoms with Crippen LogP contribution < -0.4 is 0 Å². The third kappa shape index (κ3) is 4.10. The highest BCUT2D eigenvalue weighted by Gasteiger charge is 2.15. The average molecular weight is 189 g/mol. The lowest BCUT2D eigenvalue weighted by atomic mass is 9.88. The zero-order valence-corrected chi connectivity index (χ0v) is 8.44. The summed E-state index contributed by atoms with van der Waals surface area (Å²) in [6.45, 7) is 0. The topological polar surface area (TPSA) is 34.1 Å². The Balaban J connectivity index is 2.22. The molecule has 3 heteroatoms. The second-order valence-electron chi connectivity index (χ2n) is 3.73. The Hall–Kier alpha value is -0.0500.